The van der Waals surface area contributed by atoms with E-state index in [2.05, 4.69) is 0 Å². The van der Waals surface area contributed by atoms with Gasteiger partial charge in [-0.25, -0.2) is 21.9 Å². The molecule has 1 aromatic rings. The molecular formula is C12H15ClFNO5S. The fourth-order valence-electron chi connectivity index (χ4n) is 1.54. The van der Waals surface area contributed by atoms with Crippen LogP contribution in [0.3, 0.4) is 0 Å². The molecule has 0 saturated heterocycles. The Labute approximate surface area is 126 Å². The van der Waals surface area contributed by atoms with Crippen molar-refractivity contribution in [1.82, 2.24) is 4.31 Å². The lowest BCUT2D eigenvalue weighted by atomic mass is 10.2. The van der Waals surface area contributed by atoms with Crippen molar-refractivity contribution in [3.8, 4) is 0 Å². The molecule has 0 amide bonds. The van der Waals surface area contributed by atoms with Gasteiger partial charge in [0.25, 0.3) is 0 Å². The highest BCUT2D eigenvalue weighted by atomic mass is 35.5. The maximum atomic E-state index is 13.6. The number of hydrogen-bond acceptors (Lipinski definition) is 4. The lowest BCUT2D eigenvalue weighted by Gasteiger charge is -2.18. The van der Waals surface area contributed by atoms with Gasteiger partial charge in [-0.05, 0) is 25.5 Å². The van der Waals surface area contributed by atoms with Crippen LogP contribution in [0.15, 0.2) is 17.0 Å². The molecule has 0 spiro atoms. The van der Waals surface area contributed by atoms with Crippen LogP contribution < -0.4 is 0 Å². The lowest BCUT2D eigenvalue weighted by molar-refractivity contribution is 0.0696. The molecule has 0 aliphatic rings. The maximum absolute atomic E-state index is 13.6. The van der Waals surface area contributed by atoms with E-state index in [1.54, 1.807) is 0 Å². The summed E-state index contributed by atoms with van der Waals surface area (Å²) >= 11 is 5.50. The minimum absolute atomic E-state index is 0.00660. The Bertz CT molecular complexity index is 647. The molecule has 9 heteroatoms. The zero-order chi connectivity index (χ0) is 16.4. The number of rotatable bonds is 6. The van der Waals surface area contributed by atoms with Gasteiger partial charge in [0.05, 0.1) is 21.6 Å². The third-order valence-electron chi connectivity index (χ3n) is 2.80. The highest BCUT2D eigenvalue weighted by molar-refractivity contribution is 7.89. The van der Waals surface area contributed by atoms with Gasteiger partial charge in [-0.15, -0.1) is 0 Å². The van der Waals surface area contributed by atoms with Crippen LogP contribution in [0.2, 0.25) is 5.02 Å². The molecule has 21 heavy (non-hydrogen) atoms. The SMILES string of the molecule is CC(O)CCN(C)S(=O)(=O)c1cc(F)c(Cl)c(C(=O)O)c1. The molecule has 0 aliphatic carbocycles. The number of nitrogens with zero attached hydrogens (tertiary/aromatic N) is 1. The molecule has 1 aromatic carbocycles. The van der Waals surface area contributed by atoms with Gasteiger partial charge in [0.1, 0.15) is 5.82 Å². The summed E-state index contributed by atoms with van der Waals surface area (Å²) in [4.78, 5) is 10.4. The number of aliphatic hydroxyl groups is 1. The van der Waals surface area contributed by atoms with Crippen molar-refractivity contribution in [2.45, 2.75) is 24.3 Å². The minimum atomic E-state index is -4.07. The van der Waals surface area contributed by atoms with E-state index in [1.807, 2.05) is 0 Å². The summed E-state index contributed by atoms with van der Waals surface area (Å²) in [6.45, 7) is 1.51. The fraction of sp³-hybridized carbons (Fsp3) is 0.417. The second-order valence-corrected chi connectivity index (χ2v) is 6.96. The fourth-order valence-corrected chi connectivity index (χ4v) is 2.95. The number of aliphatic hydroxyl groups excluding tert-OH is 1. The number of carboxylic acid groups (broad SMARTS) is 1. The van der Waals surface area contributed by atoms with Crippen molar-refractivity contribution in [2.24, 2.45) is 0 Å². The van der Waals surface area contributed by atoms with E-state index in [0.717, 1.165) is 10.4 Å². The van der Waals surface area contributed by atoms with Crippen LogP contribution >= 0.6 is 11.6 Å². The van der Waals surface area contributed by atoms with E-state index in [-0.39, 0.29) is 13.0 Å². The van der Waals surface area contributed by atoms with Crippen molar-refractivity contribution >= 4 is 27.6 Å². The van der Waals surface area contributed by atoms with Gasteiger partial charge in [0, 0.05) is 13.6 Å². The molecule has 0 aromatic heterocycles. The van der Waals surface area contributed by atoms with Crippen LogP contribution in [0.5, 0.6) is 0 Å². The summed E-state index contributed by atoms with van der Waals surface area (Å²) in [6, 6.07) is 1.48. The molecule has 1 rings (SSSR count). The number of carbonyl (C=O) groups is 1. The van der Waals surface area contributed by atoms with Gasteiger partial charge in [-0.1, -0.05) is 11.6 Å². The highest BCUT2D eigenvalue weighted by Crippen LogP contribution is 2.26. The highest BCUT2D eigenvalue weighted by Gasteiger charge is 2.25. The molecule has 118 valence electrons. The first kappa shape index (κ1) is 17.8. The molecule has 0 fully saturated rings. The molecular weight excluding hydrogens is 325 g/mol. The Morgan fingerprint density at radius 3 is 2.52 bits per heavy atom. The molecule has 2 N–H and O–H groups in total. The van der Waals surface area contributed by atoms with E-state index in [9.17, 15) is 17.6 Å². The predicted molar refractivity (Wildman–Crippen MR) is 74.5 cm³/mol. The van der Waals surface area contributed by atoms with Crippen molar-refractivity contribution in [3.63, 3.8) is 0 Å². The monoisotopic (exact) mass is 339 g/mol. The largest absolute Gasteiger partial charge is 0.478 e. The second-order valence-electron chi connectivity index (χ2n) is 4.54. The third kappa shape index (κ3) is 4.13. The van der Waals surface area contributed by atoms with E-state index in [0.29, 0.717) is 6.07 Å². The van der Waals surface area contributed by atoms with E-state index in [4.69, 9.17) is 21.8 Å². The van der Waals surface area contributed by atoms with Crippen LogP contribution in [-0.4, -0.2) is 48.6 Å². The Morgan fingerprint density at radius 1 is 1.48 bits per heavy atom. The van der Waals surface area contributed by atoms with Crippen LogP contribution in [0.1, 0.15) is 23.7 Å². The normalized spacial score (nSPS) is 13.4. The Morgan fingerprint density at radius 2 is 2.05 bits per heavy atom. The average molecular weight is 340 g/mol. The van der Waals surface area contributed by atoms with Gasteiger partial charge in [-0.3, -0.25) is 0 Å². The molecule has 0 radical (unpaired) electrons. The molecule has 0 aliphatic heterocycles. The first-order chi connectivity index (χ1) is 9.57. The third-order valence-corrected chi connectivity index (χ3v) is 5.02. The molecule has 0 bridgehead atoms. The van der Waals surface area contributed by atoms with Crippen molar-refractivity contribution < 1.29 is 27.8 Å². The standard InChI is InChI=1S/C12H15ClFNO5S/c1-7(16)3-4-15(2)21(19,20)8-5-9(12(17)18)11(13)10(14)6-8/h5-7,16H,3-4H2,1-2H3,(H,17,18). The zero-order valence-electron chi connectivity index (χ0n) is 11.4. The van der Waals surface area contributed by atoms with Crippen LogP contribution in [0, 0.1) is 5.82 Å². The van der Waals surface area contributed by atoms with Crippen LogP contribution in [-0.2, 0) is 10.0 Å². The molecule has 1 atom stereocenters. The summed E-state index contributed by atoms with van der Waals surface area (Å²) < 4.78 is 38.9. The van der Waals surface area contributed by atoms with Gasteiger partial charge in [0.15, 0.2) is 0 Å². The number of carboxylic acids is 1. The maximum Gasteiger partial charge on any atom is 0.337 e. The van der Waals surface area contributed by atoms with Crippen molar-refractivity contribution in [3.05, 3.63) is 28.5 Å². The van der Waals surface area contributed by atoms with E-state index < -0.39 is 43.4 Å². The summed E-state index contributed by atoms with van der Waals surface area (Å²) in [5.74, 6) is -2.65. The summed E-state index contributed by atoms with van der Waals surface area (Å²) in [7, 11) is -2.82. The number of aromatic carboxylic acids is 1. The van der Waals surface area contributed by atoms with E-state index >= 15 is 0 Å². The average Bonchev–Trinajstić information content (AvgIpc) is 2.38. The van der Waals surface area contributed by atoms with Crippen LogP contribution in [0.25, 0.3) is 0 Å². The number of hydrogen-bond donors (Lipinski definition) is 2. The number of sulfonamides is 1. The summed E-state index contributed by atoms with van der Waals surface area (Å²) in [5, 5.41) is 17.4. The zero-order valence-corrected chi connectivity index (χ0v) is 12.9. The van der Waals surface area contributed by atoms with Gasteiger partial charge in [0.2, 0.25) is 10.0 Å². The lowest BCUT2D eigenvalue weighted by Crippen LogP contribution is -2.30. The van der Waals surface area contributed by atoms with Crippen LogP contribution in [0.4, 0.5) is 4.39 Å². The number of benzene rings is 1. The topological polar surface area (TPSA) is 94.9 Å². The van der Waals surface area contributed by atoms with Gasteiger partial charge in [-0.2, -0.15) is 0 Å². The number of halogens is 2. The molecule has 1 unspecified atom stereocenters. The Kier molecular flexibility index (Phi) is 5.68. The predicted octanol–water partition coefficient (Wildman–Crippen LogP) is 1.57. The first-order valence-electron chi connectivity index (χ1n) is 5.94. The first-order valence-corrected chi connectivity index (χ1v) is 7.76. The van der Waals surface area contributed by atoms with Crippen molar-refractivity contribution in [2.75, 3.05) is 13.6 Å². The summed E-state index contributed by atoms with van der Waals surface area (Å²) in [6.07, 6.45) is -0.503. The van der Waals surface area contributed by atoms with Gasteiger partial charge >= 0.3 is 5.97 Å². The minimum Gasteiger partial charge on any atom is -0.478 e. The second kappa shape index (κ2) is 6.69. The quantitative estimate of drug-likeness (QED) is 0.820. The Hall–Kier alpha value is -1.22. The van der Waals surface area contributed by atoms with Gasteiger partial charge < -0.3 is 10.2 Å². The molecule has 6 nitrogen and oxygen atoms in total. The smallest absolute Gasteiger partial charge is 0.337 e. The molecule has 0 saturated carbocycles. The van der Waals surface area contributed by atoms with Crippen molar-refractivity contribution in [1.29, 1.82) is 0 Å². The Balaban J connectivity index is 3.23. The van der Waals surface area contributed by atoms with E-state index in [1.165, 1.54) is 14.0 Å². The summed E-state index contributed by atoms with van der Waals surface area (Å²) in [5.41, 5.74) is -0.626. The molecule has 0 heterocycles.